The average Bonchev–Trinajstić information content (AvgIpc) is 3.22. The van der Waals surface area contributed by atoms with E-state index in [1.807, 2.05) is 24.3 Å². The molecule has 0 saturated carbocycles. The number of aromatic nitrogens is 1. The Labute approximate surface area is 145 Å². The molecule has 2 aromatic rings. The zero-order chi connectivity index (χ0) is 16.5. The molecule has 126 valence electrons. The van der Waals surface area contributed by atoms with E-state index in [4.69, 9.17) is 4.74 Å². The predicted molar refractivity (Wildman–Crippen MR) is 94.5 cm³/mol. The van der Waals surface area contributed by atoms with Crippen molar-refractivity contribution in [2.24, 2.45) is 5.92 Å². The van der Waals surface area contributed by atoms with Gasteiger partial charge in [-0.2, -0.15) is 0 Å². The summed E-state index contributed by atoms with van der Waals surface area (Å²) in [5.74, 6) is 1.47. The Kier molecular flexibility index (Phi) is 4.24. The second kappa shape index (κ2) is 6.53. The topological polar surface area (TPSA) is 54.5 Å². The van der Waals surface area contributed by atoms with Gasteiger partial charge in [0.1, 0.15) is 5.75 Å². The molecule has 3 heterocycles. The van der Waals surface area contributed by atoms with Gasteiger partial charge in [0.25, 0.3) is 5.91 Å². The summed E-state index contributed by atoms with van der Waals surface area (Å²) in [5.41, 5.74) is 0.971. The molecule has 0 aliphatic carbocycles. The molecule has 2 fully saturated rings. The van der Waals surface area contributed by atoms with Crippen LogP contribution in [0.1, 0.15) is 22.6 Å². The molecule has 2 bridgehead atoms. The molecule has 2 aliphatic rings. The lowest BCUT2D eigenvalue weighted by molar-refractivity contribution is 0.0909. The molecule has 2 saturated heterocycles. The largest absolute Gasteiger partial charge is 0.496 e. The second-order valence-corrected chi connectivity index (χ2v) is 7.58. The summed E-state index contributed by atoms with van der Waals surface area (Å²) in [6.07, 6.45) is 4.11. The van der Waals surface area contributed by atoms with Crippen molar-refractivity contribution in [1.29, 1.82) is 0 Å². The molecule has 0 spiro atoms. The summed E-state index contributed by atoms with van der Waals surface area (Å²) in [7, 11) is 1.65. The molecular formula is C18H21N3O2S. The summed E-state index contributed by atoms with van der Waals surface area (Å²) in [6.45, 7) is 3.33. The highest BCUT2D eigenvalue weighted by Gasteiger charge is 2.33. The number of fused-ring (bicyclic) bond motifs is 2. The number of benzene rings is 1. The van der Waals surface area contributed by atoms with Gasteiger partial charge < -0.3 is 15.0 Å². The number of methoxy groups -OCH3 is 1. The number of nitrogens with one attached hydrogen (secondary N) is 1. The fourth-order valence-electron chi connectivity index (χ4n) is 3.76. The highest BCUT2D eigenvalue weighted by atomic mass is 32.1. The van der Waals surface area contributed by atoms with Gasteiger partial charge in [-0.15, -0.1) is 11.3 Å². The van der Waals surface area contributed by atoms with Crippen molar-refractivity contribution in [3.05, 3.63) is 35.5 Å². The summed E-state index contributed by atoms with van der Waals surface area (Å²) in [4.78, 5) is 20.3. The zero-order valence-electron chi connectivity index (χ0n) is 13.7. The number of hydrogen-bond acceptors (Lipinski definition) is 5. The zero-order valence-corrected chi connectivity index (χ0v) is 14.5. The molecule has 2 aliphatic heterocycles. The number of rotatable bonds is 4. The number of ether oxygens (including phenoxy) is 1. The molecular weight excluding hydrogens is 322 g/mol. The Bertz CT molecular complexity index is 733. The van der Waals surface area contributed by atoms with Gasteiger partial charge in [-0.05, 0) is 37.4 Å². The lowest BCUT2D eigenvalue weighted by Crippen LogP contribution is -2.46. The van der Waals surface area contributed by atoms with E-state index in [0.717, 1.165) is 35.1 Å². The van der Waals surface area contributed by atoms with Gasteiger partial charge in [-0.3, -0.25) is 4.79 Å². The van der Waals surface area contributed by atoms with Gasteiger partial charge >= 0.3 is 0 Å². The van der Waals surface area contributed by atoms with Crippen LogP contribution in [0.25, 0.3) is 10.4 Å². The molecule has 1 aromatic carbocycles. The van der Waals surface area contributed by atoms with Crippen molar-refractivity contribution in [1.82, 2.24) is 15.2 Å². The molecule has 1 N–H and O–H groups in total. The molecule has 3 unspecified atom stereocenters. The van der Waals surface area contributed by atoms with E-state index in [-0.39, 0.29) is 11.9 Å². The highest BCUT2D eigenvalue weighted by molar-refractivity contribution is 7.17. The van der Waals surface area contributed by atoms with E-state index in [1.54, 1.807) is 13.3 Å². The van der Waals surface area contributed by atoms with Crippen LogP contribution >= 0.6 is 11.3 Å². The third-order valence-corrected chi connectivity index (χ3v) is 5.90. The van der Waals surface area contributed by atoms with Gasteiger partial charge in [0.2, 0.25) is 0 Å². The van der Waals surface area contributed by atoms with E-state index in [2.05, 4.69) is 15.2 Å². The predicted octanol–water partition coefficient (Wildman–Crippen LogP) is 2.64. The minimum absolute atomic E-state index is 0.0614. The van der Waals surface area contributed by atoms with Crippen molar-refractivity contribution in [3.8, 4) is 16.2 Å². The quantitative estimate of drug-likeness (QED) is 0.927. The Balaban J connectivity index is 1.47. The third-order valence-electron chi connectivity index (χ3n) is 4.87. The van der Waals surface area contributed by atoms with Crippen LogP contribution in [0.2, 0.25) is 0 Å². The number of thiazole rings is 1. The van der Waals surface area contributed by atoms with E-state index in [0.29, 0.717) is 5.01 Å². The lowest BCUT2D eigenvalue weighted by Gasteiger charge is -2.30. The first-order valence-electron chi connectivity index (χ1n) is 8.35. The fraction of sp³-hybridized carbons (Fsp3) is 0.444. The maximum Gasteiger partial charge on any atom is 0.280 e. The van der Waals surface area contributed by atoms with Crippen molar-refractivity contribution < 1.29 is 9.53 Å². The summed E-state index contributed by atoms with van der Waals surface area (Å²) in [6, 6.07) is 8.05. The number of carbonyl (C=O) groups is 1. The first kappa shape index (κ1) is 15.6. The molecule has 6 heteroatoms. The van der Waals surface area contributed by atoms with E-state index in [1.165, 1.54) is 30.8 Å². The molecule has 3 atom stereocenters. The van der Waals surface area contributed by atoms with Gasteiger partial charge in [0.15, 0.2) is 5.01 Å². The first-order chi connectivity index (χ1) is 11.7. The van der Waals surface area contributed by atoms with Crippen LogP contribution in [0.3, 0.4) is 0 Å². The van der Waals surface area contributed by atoms with Crippen LogP contribution in [-0.2, 0) is 0 Å². The number of piperidine rings is 1. The van der Waals surface area contributed by atoms with Gasteiger partial charge in [-0.1, -0.05) is 12.1 Å². The summed E-state index contributed by atoms with van der Waals surface area (Å²) < 4.78 is 5.39. The smallest absolute Gasteiger partial charge is 0.280 e. The Morgan fingerprint density at radius 3 is 3.08 bits per heavy atom. The standard InChI is InChI=1S/C18H21N3O2S/c1-23-15-5-3-2-4-14(15)16-9-19-18(24-16)17(22)20-13-8-12-6-7-21(10-12)11-13/h2-5,9,12-13H,6-8,10-11H2,1H3,(H,20,22). The first-order valence-corrected chi connectivity index (χ1v) is 9.17. The number of hydrogen-bond donors (Lipinski definition) is 1. The number of carbonyl (C=O) groups excluding carboxylic acids is 1. The van der Waals surface area contributed by atoms with Gasteiger partial charge in [0, 0.05) is 30.9 Å². The molecule has 1 aromatic heterocycles. The summed E-state index contributed by atoms with van der Waals surface area (Å²) in [5, 5.41) is 3.68. The van der Waals surface area contributed by atoms with Crippen molar-refractivity contribution in [2.45, 2.75) is 18.9 Å². The molecule has 0 radical (unpaired) electrons. The van der Waals surface area contributed by atoms with Crippen LogP contribution in [0, 0.1) is 5.92 Å². The number of amides is 1. The van der Waals surface area contributed by atoms with E-state index < -0.39 is 0 Å². The van der Waals surface area contributed by atoms with Crippen LogP contribution in [0.5, 0.6) is 5.75 Å². The SMILES string of the molecule is COc1ccccc1-c1cnc(C(=O)NC2CC3CCN(C3)C2)s1. The Morgan fingerprint density at radius 1 is 1.38 bits per heavy atom. The highest BCUT2D eigenvalue weighted by Crippen LogP contribution is 2.33. The minimum Gasteiger partial charge on any atom is -0.496 e. The maximum atomic E-state index is 12.5. The third kappa shape index (κ3) is 3.03. The fourth-order valence-corrected chi connectivity index (χ4v) is 4.61. The minimum atomic E-state index is -0.0614. The molecule has 24 heavy (non-hydrogen) atoms. The average molecular weight is 343 g/mol. The normalized spacial score (nSPS) is 25.5. The molecule has 1 amide bonds. The van der Waals surface area contributed by atoms with Crippen LogP contribution in [0.4, 0.5) is 0 Å². The lowest BCUT2D eigenvalue weighted by atomic mass is 9.97. The van der Waals surface area contributed by atoms with Crippen molar-refractivity contribution >= 4 is 17.2 Å². The van der Waals surface area contributed by atoms with E-state index >= 15 is 0 Å². The second-order valence-electron chi connectivity index (χ2n) is 6.55. The molecule has 5 nitrogen and oxygen atoms in total. The monoisotopic (exact) mass is 343 g/mol. The van der Waals surface area contributed by atoms with Crippen molar-refractivity contribution in [2.75, 3.05) is 26.7 Å². The molecule has 4 rings (SSSR count). The van der Waals surface area contributed by atoms with Gasteiger partial charge in [-0.25, -0.2) is 4.98 Å². The van der Waals surface area contributed by atoms with E-state index in [9.17, 15) is 4.79 Å². The van der Waals surface area contributed by atoms with Gasteiger partial charge in [0.05, 0.1) is 12.0 Å². The maximum absolute atomic E-state index is 12.5. The van der Waals surface area contributed by atoms with Crippen LogP contribution < -0.4 is 10.1 Å². The van der Waals surface area contributed by atoms with Crippen LogP contribution in [-0.4, -0.2) is 48.6 Å². The Morgan fingerprint density at radius 2 is 2.25 bits per heavy atom. The Hall–Kier alpha value is -1.92. The number of nitrogens with zero attached hydrogens (tertiary/aromatic N) is 2. The van der Waals surface area contributed by atoms with Crippen molar-refractivity contribution in [3.63, 3.8) is 0 Å². The number of para-hydroxylation sites is 1. The summed E-state index contributed by atoms with van der Waals surface area (Å²) >= 11 is 1.41. The van der Waals surface area contributed by atoms with Crippen LogP contribution in [0.15, 0.2) is 30.5 Å².